The van der Waals surface area contributed by atoms with Crippen LogP contribution in [0.15, 0.2) is 54.7 Å². The molecule has 0 N–H and O–H groups in total. The van der Waals surface area contributed by atoms with Crippen molar-refractivity contribution in [2.24, 2.45) is 0 Å². The Bertz CT molecular complexity index is 736. The molecule has 2 aliphatic heterocycles. The van der Waals surface area contributed by atoms with Crippen LogP contribution in [-0.2, 0) is 11.3 Å². The molecule has 1 amide bonds. The van der Waals surface area contributed by atoms with E-state index in [1.807, 2.05) is 53.6 Å². The molecule has 1 aromatic heterocycles. The third kappa shape index (κ3) is 3.17. The van der Waals surface area contributed by atoms with E-state index >= 15 is 0 Å². The summed E-state index contributed by atoms with van der Waals surface area (Å²) in [4.78, 5) is 23.7. The highest BCUT2D eigenvalue weighted by Gasteiger charge is 2.47. The first-order valence-corrected chi connectivity index (χ1v) is 8.85. The Labute approximate surface area is 148 Å². The average molecular weight is 336 g/mol. The minimum absolute atomic E-state index is 0.0263. The number of aromatic nitrogens is 1. The van der Waals surface area contributed by atoms with Crippen molar-refractivity contribution in [3.63, 3.8) is 0 Å². The van der Waals surface area contributed by atoms with Crippen LogP contribution in [0.3, 0.4) is 0 Å². The summed E-state index contributed by atoms with van der Waals surface area (Å²) in [5.41, 5.74) is 2.13. The summed E-state index contributed by atoms with van der Waals surface area (Å²) >= 11 is 0. The molecule has 3 heterocycles. The molecular weight excluding hydrogens is 312 g/mol. The van der Waals surface area contributed by atoms with Gasteiger partial charge < -0.3 is 4.90 Å². The number of carbonyl (C=O) groups is 1. The highest BCUT2D eigenvalue weighted by molar-refractivity contribution is 5.96. The van der Waals surface area contributed by atoms with E-state index in [4.69, 9.17) is 0 Å². The fourth-order valence-corrected chi connectivity index (χ4v) is 4.04. The summed E-state index contributed by atoms with van der Waals surface area (Å²) in [6.45, 7) is 4.11. The van der Waals surface area contributed by atoms with Crippen molar-refractivity contribution in [2.45, 2.75) is 18.5 Å². The smallest absolute Gasteiger partial charge is 0.241 e. The zero-order valence-electron chi connectivity index (χ0n) is 14.6. The zero-order chi connectivity index (χ0) is 17.3. The van der Waals surface area contributed by atoms with Crippen LogP contribution < -0.4 is 4.90 Å². The van der Waals surface area contributed by atoms with Crippen LogP contribution in [-0.4, -0.2) is 59.5 Å². The molecule has 4 rings (SSSR count). The Morgan fingerprint density at radius 3 is 2.64 bits per heavy atom. The number of likely N-dealkylation sites (N-methyl/N-ethyl adjacent to an activating group) is 1. The van der Waals surface area contributed by atoms with Crippen LogP contribution in [0, 0.1) is 0 Å². The van der Waals surface area contributed by atoms with Gasteiger partial charge in [0.2, 0.25) is 5.91 Å². The molecule has 5 heteroatoms. The van der Waals surface area contributed by atoms with E-state index in [1.165, 1.54) is 0 Å². The van der Waals surface area contributed by atoms with Crippen molar-refractivity contribution in [2.75, 3.05) is 38.1 Å². The van der Waals surface area contributed by atoms with Gasteiger partial charge in [0, 0.05) is 38.1 Å². The first-order valence-electron chi connectivity index (χ1n) is 8.85. The summed E-state index contributed by atoms with van der Waals surface area (Å²) in [5.74, 6) is 0.183. The first kappa shape index (κ1) is 16.2. The van der Waals surface area contributed by atoms with E-state index in [-0.39, 0.29) is 11.4 Å². The van der Waals surface area contributed by atoms with Gasteiger partial charge in [-0.3, -0.25) is 19.6 Å². The van der Waals surface area contributed by atoms with Crippen LogP contribution in [0.25, 0.3) is 0 Å². The largest absolute Gasteiger partial charge is 0.309 e. The van der Waals surface area contributed by atoms with Crippen LogP contribution in [0.4, 0.5) is 5.69 Å². The first-order chi connectivity index (χ1) is 12.2. The summed E-state index contributed by atoms with van der Waals surface area (Å²) < 4.78 is 0. The van der Waals surface area contributed by atoms with Crippen molar-refractivity contribution >= 4 is 11.6 Å². The van der Waals surface area contributed by atoms with E-state index in [2.05, 4.69) is 27.9 Å². The Morgan fingerprint density at radius 2 is 1.88 bits per heavy atom. The number of hydrogen-bond donors (Lipinski definition) is 0. The average Bonchev–Trinajstić information content (AvgIpc) is 3.04. The predicted octanol–water partition coefficient (Wildman–Crippen LogP) is 2.00. The monoisotopic (exact) mass is 336 g/mol. The molecule has 2 saturated heterocycles. The van der Waals surface area contributed by atoms with Crippen LogP contribution >= 0.6 is 0 Å². The molecule has 0 unspecified atom stereocenters. The lowest BCUT2D eigenvalue weighted by Crippen LogP contribution is -2.64. The van der Waals surface area contributed by atoms with Crippen LogP contribution in [0.1, 0.15) is 12.1 Å². The zero-order valence-corrected chi connectivity index (χ0v) is 14.6. The van der Waals surface area contributed by atoms with Crippen LogP contribution in [0.2, 0.25) is 0 Å². The highest BCUT2D eigenvalue weighted by atomic mass is 16.2. The maximum Gasteiger partial charge on any atom is 0.241 e. The fraction of sp³-hybridized carbons (Fsp3) is 0.400. The molecule has 1 aromatic carbocycles. The van der Waals surface area contributed by atoms with Gasteiger partial charge in [-0.25, -0.2) is 0 Å². The fourth-order valence-electron chi connectivity index (χ4n) is 4.04. The number of para-hydroxylation sites is 1. The van der Waals surface area contributed by atoms with E-state index in [1.54, 1.807) is 0 Å². The molecule has 25 heavy (non-hydrogen) atoms. The van der Waals surface area contributed by atoms with E-state index in [0.717, 1.165) is 44.0 Å². The summed E-state index contributed by atoms with van der Waals surface area (Å²) in [7, 11) is 2.09. The van der Waals surface area contributed by atoms with E-state index in [9.17, 15) is 4.79 Å². The molecule has 2 fully saturated rings. The lowest BCUT2D eigenvalue weighted by Gasteiger charge is -2.47. The topological polar surface area (TPSA) is 39.7 Å². The van der Waals surface area contributed by atoms with Crippen molar-refractivity contribution in [3.8, 4) is 0 Å². The summed E-state index contributed by atoms with van der Waals surface area (Å²) in [6, 6.07) is 16.1. The lowest BCUT2D eigenvalue weighted by molar-refractivity contribution is -0.123. The third-order valence-corrected chi connectivity index (χ3v) is 5.53. The molecule has 0 saturated carbocycles. The number of pyridine rings is 1. The lowest BCUT2D eigenvalue weighted by atomic mass is 9.92. The molecule has 2 aromatic rings. The van der Waals surface area contributed by atoms with Gasteiger partial charge in [0.05, 0.1) is 17.8 Å². The number of amides is 1. The van der Waals surface area contributed by atoms with Gasteiger partial charge >= 0.3 is 0 Å². The van der Waals surface area contributed by atoms with Crippen molar-refractivity contribution in [1.29, 1.82) is 0 Å². The molecule has 0 bridgehead atoms. The summed E-state index contributed by atoms with van der Waals surface area (Å²) in [5, 5.41) is 0. The Morgan fingerprint density at radius 1 is 1.08 bits per heavy atom. The minimum Gasteiger partial charge on any atom is -0.309 e. The number of likely N-dealkylation sites (tertiary alicyclic amines) is 1. The molecule has 0 aliphatic carbocycles. The second-order valence-corrected chi connectivity index (χ2v) is 7.18. The highest BCUT2D eigenvalue weighted by Crippen LogP contribution is 2.33. The quantitative estimate of drug-likeness (QED) is 0.860. The van der Waals surface area contributed by atoms with Gasteiger partial charge in [0.25, 0.3) is 0 Å². The number of benzene rings is 1. The second kappa shape index (κ2) is 6.58. The number of nitrogens with zero attached hydrogens (tertiary/aromatic N) is 4. The number of piperazine rings is 1. The van der Waals surface area contributed by atoms with E-state index < -0.39 is 0 Å². The van der Waals surface area contributed by atoms with Gasteiger partial charge in [-0.15, -0.1) is 0 Å². The maximum atomic E-state index is 12.6. The molecule has 2 aliphatic rings. The molecule has 130 valence electrons. The molecular formula is C20H24N4O. The summed E-state index contributed by atoms with van der Waals surface area (Å²) in [6.07, 6.45) is 2.93. The molecule has 1 atom stereocenters. The third-order valence-electron chi connectivity index (χ3n) is 5.53. The molecule has 5 nitrogen and oxygen atoms in total. The molecule has 0 radical (unpaired) electrons. The Hall–Kier alpha value is -2.24. The Kier molecular flexibility index (Phi) is 4.27. The maximum absolute atomic E-state index is 12.6. The van der Waals surface area contributed by atoms with Gasteiger partial charge in [-0.05, 0) is 37.7 Å². The number of carbonyl (C=O) groups excluding carboxylic acids is 1. The normalized spacial score (nSPS) is 25.0. The van der Waals surface area contributed by atoms with Gasteiger partial charge in [-0.1, -0.05) is 24.3 Å². The van der Waals surface area contributed by atoms with Gasteiger partial charge in [0.15, 0.2) is 0 Å². The second-order valence-electron chi connectivity index (χ2n) is 7.18. The van der Waals surface area contributed by atoms with Crippen LogP contribution in [0.5, 0.6) is 0 Å². The van der Waals surface area contributed by atoms with Gasteiger partial charge in [0.1, 0.15) is 0 Å². The SMILES string of the molecule is CN1CC(=O)N(c2ccccc2)C[C@@]12CCN(Cc1ccccn1)C2. The number of anilines is 1. The van der Waals surface area contributed by atoms with Crippen molar-refractivity contribution in [1.82, 2.24) is 14.8 Å². The van der Waals surface area contributed by atoms with Gasteiger partial charge in [-0.2, -0.15) is 0 Å². The van der Waals surface area contributed by atoms with Crippen molar-refractivity contribution in [3.05, 3.63) is 60.4 Å². The number of hydrogen-bond acceptors (Lipinski definition) is 4. The molecule has 1 spiro atoms. The Balaban J connectivity index is 1.51. The standard InChI is InChI=1S/C20H24N4O/c1-22-14-19(25)24(18-8-3-2-4-9-18)16-20(22)10-12-23(15-20)13-17-7-5-6-11-21-17/h2-9,11H,10,12-16H2,1H3/t20-/m0/s1. The van der Waals surface area contributed by atoms with Crippen molar-refractivity contribution < 1.29 is 4.79 Å². The number of rotatable bonds is 3. The van der Waals surface area contributed by atoms with E-state index in [0.29, 0.717) is 6.54 Å². The minimum atomic E-state index is 0.0263. The predicted molar refractivity (Wildman–Crippen MR) is 98.3 cm³/mol.